The van der Waals surface area contributed by atoms with Crippen LogP contribution in [-0.2, 0) is 5.54 Å². The number of thioether (sulfide) groups is 1. The zero-order valence-corrected chi connectivity index (χ0v) is 14.7. The van der Waals surface area contributed by atoms with Gasteiger partial charge in [0, 0.05) is 4.90 Å². The Morgan fingerprint density at radius 3 is 2.50 bits per heavy atom. The molecule has 4 rings (SSSR count). The normalized spacial score (nSPS) is 16.9. The number of aromatic nitrogens is 2. The third-order valence-corrected chi connectivity index (χ3v) is 5.84. The standard InChI is InChI=1S/C19H17F2N3OS/c20-14-8-7-13(11-15(14)21)26-16(12-5-2-1-3-6-12)17-23-18(24-25-17)19(22)9-4-10-19/h1-3,5-8,11,16H,4,9-10,22H2. The number of hydrogen-bond acceptors (Lipinski definition) is 5. The first-order valence-electron chi connectivity index (χ1n) is 8.35. The summed E-state index contributed by atoms with van der Waals surface area (Å²) in [7, 11) is 0. The molecule has 7 heteroatoms. The molecule has 0 amide bonds. The maximum absolute atomic E-state index is 13.6. The van der Waals surface area contributed by atoms with Gasteiger partial charge in [-0.15, -0.1) is 11.8 Å². The minimum absolute atomic E-state index is 0.342. The van der Waals surface area contributed by atoms with Crippen molar-refractivity contribution in [2.75, 3.05) is 0 Å². The van der Waals surface area contributed by atoms with Crippen molar-refractivity contribution >= 4 is 11.8 Å². The van der Waals surface area contributed by atoms with Crippen molar-refractivity contribution in [2.45, 2.75) is 34.9 Å². The molecule has 0 spiro atoms. The van der Waals surface area contributed by atoms with E-state index in [0.717, 1.165) is 30.9 Å². The Bertz CT molecular complexity index is 912. The first kappa shape index (κ1) is 17.2. The Labute approximate surface area is 153 Å². The summed E-state index contributed by atoms with van der Waals surface area (Å²) in [4.78, 5) is 5.10. The van der Waals surface area contributed by atoms with E-state index in [1.165, 1.54) is 23.9 Å². The summed E-state index contributed by atoms with van der Waals surface area (Å²) in [6, 6.07) is 13.4. The monoisotopic (exact) mass is 373 g/mol. The van der Waals surface area contributed by atoms with Crippen LogP contribution in [0, 0.1) is 11.6 Å². The van der Waals surface area contributed by atoms with Gasteiger partial charge >= 0.3 is 0 Å². The summed E-state index contributed by atoms with van der Waals surface area (Å²) in [5.74, 6) is -0.854. The van der Waals surface area contributed by atoms with Crippen molar-refractivity contribution in [3.05, 3.63) is 77.4 Å². The average Bonchev–Trinajstić information content (AvgIpc) is 3.11. The van der Waals surface area contributed by atoms with E-state index in [0.29, 0.717) is 16.6 Å². The molecule has 1 saturated carbocycles. The third kappa shape index (κ3) is 3.24. The molecule has 1 atom stereocenters. The van der Waals surface area contributed by atoms with E-state index in [9.17, 15) is 8.78 Å². The fourth-order valence-electron chi connectivity index (χ4n) is 2.90. The number of halogens is 2. The molecule has 2 N–H and O–H groups in total. The van der Waals surface area contributed by atoms with E-state index in [4.69, 9.17) is 10.3 Å². The lowest BCUT2D eigenvalue weighted by Crippen LogP contribution is -2.44. The quantitative estimate of drug-likeness (QED) is 0.664. The third-order valence-electron chi connectivity index (χ3n) is 4.60. The number of hydrogen-bond donors (Lipinski definition) is 1. The predicted molar refractivity (Wildman–Crippen MR) is 94.5 cm³/mol. The second kappa shape index (κ2) is 6.81. The molecule has 1 aromatic heterocycles. The first-order chi connectivity index (χ1) is 12.5. The molecule has 1 fully saturated rings. The van der Waals surface area contributed by atoms with Gasteiger partial charge in [-0.2, -0.15) is 4.98 Å². The van der Waals surface area contributed by atoms with Crippen molar-refractivity contribution in [3.8, 4) is 0 Å². The number of rotatable bonds is 5. The van der Waals surface area contributed by atoms with Crippen LogP contribution in [0.2, 0.25) is 0 Å². The molecule has 26 heavy (non-hydrogen) atoms. The van der Waals surface area contributed by atoms with Crippen molar-refractivity contribution in [1.29, 1.82) is 0 Å². The van der Waals surface area contributed by atoms with Crippen LogP contribution in [0.1, 0.15) is 41.8 Å². The Hall–Kier alpha value is -2.25. The van der Waals surface area contributed by atoms with Crippen molar-refractivity contribution in [2.24, 2.45) is 5.73 Å². The molecule has 0 aliphatic heterocycles. The minimum Gasteiger partial charge on any atom is -0.338 e. The highest BCUT2D eigenvalue weighted by Crippen LogP contribution is 2.42. The molecule has 134 valence electrons. The lowest BCUT2D eigenvalue weighted by atomic mass is 9.77. The van der Waals surface area contributed by atoms with Gasteiger partial charge in [-0.3, -0.25) is 0 Å². The van der Waals surface area contributed by atoms with Gasteiger partial charge in [0.1, 0.15) is 5.25 Å². The molecule has 1 unspecified atom stereocenters. The van der Waals surface area contributed by atoms with Gasteiger partial charge in [0.15, 0.2) is 17.5 Å². The lowest BCUT2D eigenvalue weighted by molar-refractivity contribution is 0.229. The highest BCUT2D eigenvalue weighted by atomic mass is 32.2. The molecule has 4 nitrogen and oxygen atoms in total. The first-order valence-corrected chi connectivity index (χ1v) is 9.23. The predicted octanol–water partition coefficient (Wildman–Crippen LogP) is 4.57. The van der Waals surface area contributed by atoms with Crippen LogP contribution >= 0.6 is 11.8 Å². The average molecular weight is 373 g/mol. The van der Waals surface area contributed by atoms with E-state index < -0.39 is 17.2 Å². The molecular weight excluding hydrogens is 356 g/mol. The topological polar surface area (TPSA) is 64.9 Å². The van der Waals surface area contributed by atoms with Crippen LogP contribution in [0.4, 0.5) is 8.78 Å². The van der Waals surface area contributed by atoms with E-state index in [-0.39, 0.29) is 5.25 Å². The van der Waals surface area contributed by atoms with E-state index in [1.807, 2.05) is 30.3 Å². The van der Waals surface area contributed by atoms with Gasteiger partial charge in [0.05, 0.1) is 5.54 Å². The Morgan fingerprint density at radius 1 is 1.08 bits per heavy atom. The SMILES string of the molecule is NC1(c2noc(C(Sc3ccc(F)c(F)c3)c3ccccc3)n2)CCC1. The number of nitrogens with zero attached hydrogens (tertiary/aromatic N) is 2. The van der Waals surface area contributed by atoms with Crippen molar-refractivity contribution in [1.82, 2.24) is 10.1 Å². The molecule has 0 saturated heterocycles. The van der Waals surface area contributed by atoms with E-state index >= 15 is 0 Å². The van der Waals surface area contributed by atoms with Crippen molar-refractivity contribution < 1.29 is 13.3 Å². The van der Waals surface area contributed by atoms with Gasteiger partial charge in [-0.25, -0.2) is 8.78 Å². The summed E-state index contributed by atoms with van der Waals surface area (Å²) in [6.07, 6.45) is 2.71. The van der Waals surface area contributed by atoms with Crippen LogP contribution in [0.5, 0.6) is 0 Å². The van der Waals surface area contributed by atoms with E-state index in [1.54, 1.807) is 0 Å². The fraction of sp³-hybridized carbons (Fsp3) is 0.263. The molecule has 0 radical (unpaired) electrons. The second-order valence-electron chi connectivity index (χ2n) is 6.45. The minimum atomic E-state index is -0.886. The summed E-state index contributed by atoms with van der Waals surface area (Å²) < 4.78 is 32.3. The Morgan fingerprint density at radius 2 is 1.85 bits per heavy atom. The van der Waals surface area contributed by atoms with Crippen molar-refractivity contribution in [3.63, 3.8) is 0 Å². The summed E-state index contributed by atoms with van der Waals surface area (Å²) in [5.41, 5.74) is 6.69. The van der Waals surface area contributed by atoms with Crippen LogP contribution in [0.15, 0.2) is 57.9 Å². The number of nitrogens with two attached hydrogens (primary N) is 1. The molecule has 1 aliphatic carbocycles. The smallest absolute Gasteiger partial charge is 0.244 e. The van der Waals surface area contributed by atoms with Crippen LogP contribution < -0.4 is 5.73 Å². The summed E-state index contributed by atoms with van der Waals surface area (Å²) in [5, 5.41) is 3.73. The van der Waals surface area contributed by atoms with Crippen LogP contribution in [0.3, 0.4) is 0 Å². The molecule has 2 aromatic carbocycles. The van der Waals surface area contributed by atoms with Crippen LogP contribution in [0.25, 0.3) is 0 Å². The van der Waals surface area contributed by atoms with Gasteiger partial charge in [0.2, 0.25) is 5.89 Å². The fourth-order valence-corrected chi connectivity index (χ4v) is 3.98. The summed E-state index contributed by atoms with van der Waals surface area (Å²) in [6.45, 7) is 0. The zero-order valence-electron chi connectivity index (χ0n) is 13.9. The molecular formula is C19H17F2N3OS. The summed E-state index contributed by atoms with van der Waals surface area (Å²) >= 11 is 1.32. The molecule has 1 aliphatic rings. The number of benzene rings is 2. The Kier molecular flexibility index (Phi) is 4.50. The van der Waals surface area contributed by atoms with Gasteiger partial charge in [0.25, 0.3) is 0 Å². The molecule has 1 heterocycles. The zero-order chi connectivity index (χ0) is 18.1. The highest BCUT2D eigenvalue weighted by molar-refractivity contribution is 7.99. The van der Waals surface area contributed by atoms with Gasteiger partial charge in [-0.1, -0.05) is 35.5 Å². The van der Waals surface area contributed by atoms with Gasteiger partial charge in [-0.05, 0) is 43.0 Å². The maximum Gasteiger partial charge on any atom is 0.244 e. The highest BCUT2D eigenvalue weighted by Gasteiger charge is 2.39. The van der Waals surface area contributed by atoms with E-state index in [2.05, 4.69) is 10.1 Å². The maximum atomic E-state index is 13.6. The molecule has 0 bridgehead atoms. The van der Waals surface area contributed by atoms with Crippen LogP contribution in [-0.4, -0.2) is 10.1 Å². The Balaban J connectivity index is 1.68. The molecule has 3 aromatic rings. The largest absolute Gasteiger partial charge is 0.338 e. The second-order valence-corrected chi connectivity index (χ2v) is 7.63. The lowest BCUT2D eigenvalue weighted by Gasteiger charge is -2.34. The van der Waals surface area contributed by atoms with Gasteiger partial charge < -0.3 is 10.3 Å².